The Hall–Kier alpha value is -2.27. The number of halogens is 1. The van der Waals surface area contributed by atoms with Crippen molar-refractivity contribution < 1.29 is 14.1 Å². The lowest BCUT2D eigenvalue weighted by atomic mass is 9.96. The van der Waals surface area contributed by atoms with E-state index in [1.807, 2.05) is 0 Å². The van der Waals surface area contributed by atoms with E-state index >= 15 is 0 Å². The Balaban J connectivity index is 1.55. The molecule has 0 radical (unpaired) electrons. The first-order valence-corrected chi connectivity index (χ1v) is 10.6. The summed E-state index contributed by atoms with van der Waals surface area (Å²) in [6.07, 6.45) is 5.97. The van der Waals surface area contributed by atoms with Gasteiger partial charge in [0.25, 0.3) is 0 Å². The van der Waals surface area contributed by atoms with Crippen LogP contribution in [0.4, 0.5) is 20.9 Å². The summed E-state index contributed by atoms with van der Waals surface area (Å²) in [5.41, 5.74) is -0.511. The molecule has 1 atom stereocenters. The molecular weight excluding hydrogens is 405 g/mol. The van der Waals surface area contributed by atoms with Gasteiger partial charge in [-0.25, -0.2) is 0 Å². The van der Waals surface area contributed by atoms with Gasteiger partial charge in [-0.3, -0.25) is 14.9 Å². The Morgan fingerprint density at radius 1 is 1.36 bits per heavy atom. The molecule has 1 unspecified atom stereocenters. The maximum atomic E-state index is 13.4. The van der Waals surface area contributed by atoms with Gasteiger partial charge in [-0.2, -0.15) is 4.39 Å². The smallest absolute Gasteiger partial charge is 0.306 e. The molecule has 0 bridgehead atoms. The average Bonchev–Trinajstić information content (AvgIpc) is 3.10. The summed E-state index contributed by atoms with van der Waals surface area (Å²) in [4.78, 5) is 22.3. The summed E-state index contributed by atoms with van der Waals surface area (Å²) in [6.45, 7) is 1.70. The van der Waals surface area contributed by atoms with E-state index in [0.717, 1.165) is 30.1 Å². The molecule has 0 saturated heterocycles. The van der Waals surface area contributed by atoms with Crippen molar-refractivity contribution in [1.29, 1.82) is 0 Å². The third-order valence-electron chi connectivity index (χ3n) is 4.40. The van der Waals surface area contributed by atoms with Crippen molar-refractivity contribution in [3.05, 3.63) is 34.1 Å². The first-order valence-electron chi connectivity index (χ1n) is 8.94. The molecule has 1 saturated carbocycles. The van der Waals surface area contributed by atoms with E-state index in [4.69, 9.17) is 0 Å². The average molecular weight is 426 g/mol. The lowest BCUT2D eigenvalue weighted by molar-refractivity contribution is -0.387. The van der Waals surface area contributed by atoms with E-state index in [1.165, 1.54) is 48.4 Å². The Morgan fingerprint density at radius 2 is 2.11 bits per heavy atom. The van der Waals surface area contributed by atoms with E-state index in [1.54, 1.807) is 6.92 Å². The fourth-order valence-electron chi connectivity index (χ4n) is 2.92. The molecule has 1 aliphatic carbocycles. The number of carbonyl (C=O) groups is 1. The molecule has 1 amide bonds. The first kappa shape index (κ1) is 20.5. The Bertz CT molecular complexity index is 857. The number of thioether (sulfide) groups is 1. The van der Waals surface area contributed by atoms with E-state index in [-0.39, 0.29) is 11.6 Å². The van der Waals surface area contributed by atoms with Crippen molar-refractivity contribution in [1.82, 2.24) is 10.2 Å². The maximum absolute atomic E-state index is 13.4. The van der Waals surface area contributed by atoms with Crippen LogP contribution in [0.15, 0.2) is 22.5 Å². The number of hydrogen-bond acceptors (Lipinski definition) is 8. The van der Waals surface area contributed by atoms with E-state index in [2.05, 4.69) is 20.8 Å². The molecular formula is C17H20FN5O3S2. The van der Waals surface area contributed by atoms with Crippen molar-refractivity contribution in [3.63, 3.8) is 0 Å². The summed E-state index contributed by atoms with van der Waals surface area (Å²) in [5, 5.41) is 25.3. The van der Waals surface area contributed by atoms with E-state index in [0.29, 0.717) is 10.4 Å². The van der Waals surface area contributed by atoms with Crippen LogP contribution in [0.2, 0.25) is 0 Å². The first-order chi connectivity index (χ1) is 13.4. The fourth-order valence-corrected chi connectivity index (χ4v) is 4.89. The zero-order chi connectivity index (χ0) is 20.1. The zero-order valence-electron chi connectivity index (χ0n) is 15.2. The summed E-state index contributed by atoms with van der Waals surface area (Å²) < 4.78 is 14.1. The number of nitrogens with zero attached hydrogens (tertiary/aromatic N) is 3. The van der Waals surface area contributed by atoms with Gasteiger partial charge in [0.05, 0.1) is 10.2 Å². The minimum absolute atomic E-state index is 0.169. The van der Waals surface area contributed by atoms with Gasteiger partial charge in [-0.05, 0) is 31.9 Å². The number of hydrogen-bond donors (Lipinski definition) is 2. The van der Waals surface area contributed by atoms with Crippen LogP contribution >= 0.6 is 23.1 Å². The molecule has 11 heteroatoms. The van der Waals surface area contributed by atoms with Crippen LogP contribution in [-0.4, -0.2) is 32.3 Å². The van der Waals surface area contributed by atoms with E-state index in [9.17, 15) is 19.3 Å². The number of anilines is 2. The van der Waals surface area contributed by atoms with Gasteiger partial charge in [0.2, 0.25) is 16.9 Å². The van der Waals surface area contributed by atoms with Crippen molar-refractivity contribution in [3.8, 4) is 0 Å². The van der Waals surface area contributed by atoms with Crippen LogP contribution in [0.1, 0.15) is 39.0 Å². The van der Waals surface area contributed by atoms with Gasteiger partial charge in [-0.1, -0.05) is 42.4 Å². The number of nitrogens with one attached hydrogen (secondary N) is 2. The number of aromatic nitrogens is 2. The lowest BCUT2D eigenvalue weighted by Gasteiger charge is -2.21. The minimum Gasteiger partial charge on any atom is -0.357 e. The minimum atomic E-state index is -0.947. The number of nitro groups is 1. The highest BCUT2D eigenvalue weighted by Gasteiger charge is 2.21. The summed E-state index contributed by atoms with van der Waals surface area (Å²) in [5.74, 6) is -1.31. The maximum Gasteiger partial charge on any atom is 0.306 e. The van der Waals surface area contributed by atoms with E-state index < -0.39 is 21.7 Å². The molecule has 0 aliphatic heterocycles. The highest BCUT2D eigenvalue weighted by molar-refractivity contribution is 8.02. The molecule has 2 aromatic rings. The van der Waals surface area contributed by atoms with Gasteiger partial charge in [-0.15, -0.1) is 10.2 Å². The molecule has 1 aromatic heterocycles. The van der Waals surface area contributed by atoms with Gasteiger partial charge in [0.15, 0.2) is 4.34 Å². The van der Waals surface area contributed by atoms with Crippen LogP contribution in [0.3, 0.4) is 0 Å². The third-order valence-corrected chi connectivity index (χ3v) is 6.44. The predicted molar refractivity (Wildman–Crippen MR) is 107 cm³/mol. The Labute approximate surface area is 169 Å². The second-order valence-corrected chi connectivity index (χ2v) is 9.09. The second-order valence-electron chi connectivity index (χ2n) is 6.53. The molecule has 28 heavy (non-hydrogen) atoms. The van der Waals surface area contributed by atoms with Gasteiger partial charge < -0.3 is 10.6 Å². The largest absolute Gasteiger partial charge is 0.357 e. The molecule has 1 heterocycles. The molecule has 8 nitrogen and oxygen atoms in total. The van der Waals surface area contributed by atoms with Crippen LogP contribution in [0.25, 0.3) is 0 Å². The quantitative estimate of drug-likeness (QED) is 0.383. The summed E-state index contributed by atoms with van der Waals surface area (Å²) >= 11 is 2.65. The molecule has 2 N–H and O–H groups in total. The van der Waals surface area contributed by atoms with Crippen molar-refractivity contribution in [2.75, 3.05) is 10.6 Å². The molecule has 1 fully saturated rings. The molecule has 150 valence electrons. The van der Waals surface area contributed by atoms with Crippen molar-refractivity contribution >= 4 is 45.5 Å². The SMILES string of the molecule is CC(Sc1nnc(NC2CCCCC2)s1)C(=O)Nc1ccc(F)c([N+](=O)[O-])c1. The zero-order valence-corrected chi connectivity index (χ0v) is 16.8. The normalized spacial score (nSPS) is 15.8. The van der Waals surface area contributed by atoms with Gasteiger partial charge in [0, 0.05) is 17.8 Å². The highest BCUT2D eigenvalue weighted by Crippen LogP contribution is 2.31. The van der Waals surface area contributed by atoms with Gasteiger partial charge >= 0.3 is 5.69 Å². The summed E-state index contributed by atoms with van der Waals surface area (Å²) in [6, 6.07) is 3.67. The van der Waals surface area contributed by atoms with Crippen LogP contribution in [0.5, 0.6) is 0 Å². The number of nitro benzene ring substituents is 1. The summed E-state index contributed by atoms with van der Waals surface area (Å²) in [7, 11) is 0. The monoisotopic (exact) mass is 425 g/mol. The predicted octanol–water partition coefficient (Wildman–Crippen LogP) is 4.45. The fraction of sp³-hybridized carbons (Fsp3) is 0.471. The second kappa shape index (κ2) is 9.28. The number of carbonyl (C=O) groups excluding carboxylic acids is 1. The van der Waals surface area contributed by atoms with Crippen molar-refractivity contribution in [2.45, 2.75) is 54.7 Å². The number of amides is 1. The molecule has 0 spiro atoms. The number of rotatable bonds is 7. The Kier molecular flexibility index (Phi) is 6.79. The molecule has 1 aliphatic rings. The molecule has 3 rings (SSSR count). The number of benzene rings is 1. The highest BCUT2D eigenvalue weighted by atomic mass is 32.2. The van der Waals surface area contributed by atoms with Crippen LogP contribution < -0.4 is 10.6 Å². The lowest BCUT2D eigenvalue weighted by Crippen LogP contribution is -2.22. The third kappa shape index (κ3) is 5.38. The standard InChI is InChI=1S/C17H20FN5O3S2/c1-10(15(24)19-12-7-8-13(18)14(9-12)23(25)26)27-17-22-21-16(28-17)20-11-5-3-2-4-6-11/h7-11H,2-6H2,1H3,(H,19,24)(H,20,21). The topological polar surface area (TPSA) is 110 Å². The van der Waals surface area contributed by atoms with Crippen LogP contribution in [-0.2, 0) is 4.79 Å². The van der Waals surface area contributed by atoms with Crippen molar-refractivity contribution in [2.24, 2.45) is 0 Å². The Morgan fingerprint density at radius 3 is 2.82 bits per heavy atom. The molecule has 1 aromatic carbocycles. The van der Waals surface area contributed by atoms with Crippen LogP contribution in [0, 0.1) is 15.9 Å². The van der Waals surface area contributed by atoms with Gasteiger partial charge in [0.1, 0.15) is 0 Å².